The highest BCUT2D eigenvalue weighted by Gasteiger charge is 2.14. The zero-order valence-electron chi connectivity index (χ0n) is 8.36. The SMILES string of the molecule is NNc1ncc(-c2ccc3c(c2)OCO3)[nH]1. The van der Waals surface area contributed by atoms with Crippen LogP contribution in [0.2, 0.25) is 0 Å². The average molecular weight is 218 g/mol. The van der Waals surface area contributed by atoms with Crippen molar-refractivity contribution in [1.82, 2.24) is 9.97 Å². The van der Waals surface area contributed by atoms with Crippen LogP contribution in [0.5, 0.6) is 11.5 Å². The lowest BCUT2D eigenvalue weighted by Crippen LogP contribution is -2.07. The Labute approximate surface area is 91.4 Å². The number of aromatic nitrogens is 2. The molecule has 1 aliphatic heterocycles. The molecule has 0 saturated carbocycles. The summed E-state index contributed by atoms with van der Waals surface area (Å²) >= 11 is 0. The van der Waals surface area contributed by atoms with Crippen LogP contribution in [0.15, 0.2) is 24.4 Å². The van der Waals surface area contributed by atoms with E-state index < -0.39 is 0 Å². The minimum absolute atomic E-state index is 0.275. The van der Waals surface area contributed by atoms with E-state index >= 15 is 0 Å². The van der Waals surface area contributed by atoms with Crippen molar-refractivity contribution >= 4 is 5.95 Å². The molecule has 0 unspecified atom stereocenters. The third kappa shape index (κ3) is 1.36. The van der Waals surface area contributed by atoms with Crippen LogP contribution in [0.25, 0.3) is 11.3 Å². The summed E-state index contributed by atoms with van der Waals surface area (Å²) < 4.78 is 10.5. The van der Waals surface area contributed by atoms with Gasteiger partial charge in [-0.2, -0.15) is 0 Å². The second kappa shape index (κ2) is 3.42. The minimum Gasteiger partial charge on any atom is -0.454 e. The first-order chi connectivity index (χ1) is 7.86. The number of nitrogens with zero attached hydrogens (tertiary/aromatic N) is 1. The molecule has 2 heterocycles. The highest BCUT2D eigenvalue weighted by Crippen LogP contribution is 2.35. The second-order valence-corrected chi connectivity index (χ2v) is 3.36. The molecule has 0 saturated heterocycles. The minimum atomic E-state index is 0.275. The molecule has 0 fully saturated rings. The molecule has 4 N–H and O–H groups in total. The van der Waals surface area contributed by atoms with Crippen molar-refractivity contribution in [3.8, 4) is 22.8 Å². The maximum Gasteiger partial charge on any atom is 0.231 e. The molecule has 6 nitrogen and oxygen atoms in total. The van der Waals surface area contributed by atoms with Gasteiger partial charge in [-0.1, -0.05) is 0 Å². The van der Waals surface area contributed by atoms with Crippen LogP contribution in [0.1, 0.15) is 0 Å². The number of aromatic amines is 1. The molecular formula is C10H10N4O2. The predicted octanol–water partition coefficient (Wildman–Crippen LogP) is 1.09. The zero-order valence-corrected chi connectivity index (χ0v) is 8.36. The predicted molar refractivity (Wildman–Crippen MR) is 58.0 cm³/mol. The number of nitrogens with two attached hydrogens (primary N) is 1. The molecular weight excluding hydrogens is 208 g/mol. The zero-order chi connectivity index (χ0) is 11.0. The second-order valence-electron chi connectivity index (χ2n) is 3.36. The first-order valence-corrected chi connectivity index (χ1v) is 4.78. The van der Waals surface area contributed by atoms with Gasteiger partial charge < -0.3 is 14.5 Å². The molecule has 3 rings (SSSR count). The summed E-state index contributed by atoms with van der Waals surface area (Å²) in [6.45, 7) is 0.275. The number of imidazole rings is 1. The van der Waals surface area contributed by atoms with E-state index in [0.717, 1.165) is 22.8 Å². The number of nitrogens with one attached hydrogen (secondary N) is 2. The Bertz CT molecular complexity index is 523. The Morgan fingerprint density at radius 2 is 2.19 bits per heavy atom. The summed E-state index contributed by atoms with van der Waals surface area (Å²) in [6, 6.07) is 5.70. The van der Waals surface area contributed by atoms with Crippen molar-refractivity contribution < 1.29 is 9.47 Å². The highest BCUT2D eigenvalue weighted by atomic mass is 16.7. The fourth-order valence-electron chi connectivity index (χ4n) is 1.61. The Morgan fingerprint density at radius 3 is 3.00 bits per heavy atom. The van der Waals surface area contributed by atoms with Crippen LogP contribution in [0, 0.1) is 0 Å². The van der Waals surface area contributed by atoms with Crippen LogP contribution in [0.4, 0.5) is 5.95 Å². The molecule has 0 bridgehead atoms. The van der Waals surface area contributed by atoms with E-state index in [1.54, 1.807) is 6.20 Å². The van der Waals surface area contributed by atoms with E-state index in [1.165, 1.54) is 0 Å². The third-order valence-corrected chi connectivity index (χ3v) is 2.40. The van der Waals surface area contributed by atoms with Crippen molar-refractivity contribution in [2.75, 3.05) is 12.2 Å². The molecule has 0 radical (unpaired) electrons. The number of H-pyrrole nitrogens is 1. The van der Waals surface area contributed by atoms with Gasteiger partial charge in [0.25, 0.3) is 0 Å². The lowest BCUT2D eigenvalue weighted by atomic mass is 10.1. The summed E-state index contributed by atoms with van der Waals surface area (Å²) in [5.41, 5.74) is 4.28. The van der Waals surface area contributed by atoms with Gasteiger partial charge in [-0.05, 0) is 18.2 Å². The fraction of sp³-hybridized carbons (Fsp3) is 0.100. The molecule has 1 aliphatic rings. The van der Waals surface area contributed by atoms with E-state index in [9.17, 15) is 0 Å². The molecule has 1 aromatic heterocycles. The van der Waals surface area contributed by atoms with Gasteiger partial charge in [0.05, 0.1) is 11.9 Å². The van der Waals surface area contributed by atoms with Gasteiger partial charge >= 0.3 is 0 Å². The number of nitrogen functional groups attached to an aromatic ring is 1. The number of rotatable bonds is 2. The highest BCUT2D eigenvalue weighted by molar-refractivity contribution is 5.65. The van der Waals surface area contributed by atoms with Gasteiger partial charge in [0.1, 0.15) is 0 Å². The van der Waals surface area contributed by atoms with Crippen LogP contribution >= 0.6 is 0 Å². The van der Waals surface area contributed by atoms with Crippen LogP contribution < -0.4 is 20.7 Å². The number of ether oxygens (including phenoxy) is 2. The maximum atomic E-state index is 5.30. The van der Waals surface area contributed by atoms with Crippen molar-refractivity contribution in [2.24, 2.45) is 5.84 Å². The fourth-order valence-corrected chi connectivity index (χ4v) is 1.61. The molecule has 0 spiro atoms. The van der Waals surface area contributed by atoms with E-state index in [-0.39, 0.29) is 6.79 Å². The molecule has 1 aromatic carbocycles. The van der Waals surface area contributed by atoms with Crippen molar-refractivity contribution in [1.29, 1.82) is 0 Å². The molecule has 16 heavy (non-hydrogen) atoms. The monoisotopic (exact) mass is 218 g/mol. The lowest BCUT2D eigenvalue weighted by Gasteiger charge is -2.00. The summed E-state index contributed by atoms with van der Waals surface area (Å²) in [5.74, 6) is 7.27. The van der Waals surface area contributed by atoms with E-state index in [4.69, 9.17) is 15.3 Å². The van der Waals surface area contributed by atoms with E-state index in [1.807, 2.05) is 18.2 Å². The third-order valence-electron chi connectivity index (χ3n) is 2.40. The topological polar surface area (TPSA) is 85.2 Å². The van der Waals surface area contributed by atoms with Gasteiger partial charge in [0.2, 0.25) is 12.7 Å². The van der Waals surface area contributed by atoms with E-state index in [2.05, 4.69) is 15.4 Å². The molecule has 2 aromatic rings. The quantitative estimate of drug-likeness (QED) is 0.519. The summed E-state index contributed by atoms with van der Waals surface area (Å²) in [6.07, 6.45) is 1.70. The summed E-state index contributed by atoms with van der Waals surface area (Å²) in [5, 5.41) is 0. The van der Waals surface area contributed by atoms with E-state index in [0.29, 0.717) is 5.95 Å². The standard InChI is InChI=1S/C10H10N4O2/c11-14-10-12-4-7(13-10)6-1-2-8-9(3-6)16-5-15-8/h1-4H,5,11H2,(H2,12,13,14). The number of anilines is 1. The summed E-state index contributed by atoms with van der Waals surface area (Å²) in [7, 11) is 0. The maximum absolute atomic E-state index is 5.30. The lowest BCUT2D eigenvalue weighted by molar-refractivity contribution is 0.174. The van der Waals surface area contributed by atoms with Crippen molar-refractivity contribution in [3.05, 3.63) is 24.4 Å². The Morgan fingerprint density at radius 1 is 1.31 bits per heavy atom. The van der Waals surface area contributed by atoms with Gasteiger partial charge in [0, 0.05) is 5.56 Å². The number of benzene rings is 1. The largest absolute Gasteiger partial charge is 0.454 e. The smallest absolute Gasteiger partial charge is 0.231 e. The first-order valence-electron chi connectivity index (χ1n) is 4.78. The first kappa shape index (κ1) is 9.05. The molecule has 0 aliphatic carbocycles. The Balaban J connectivity index is 2.00. The molecule has 6 heteroatoms. The number of hydrazine groups is 1. The Kier molecular flexibility index (Phi) is 1.94. The van der Waals surface area contributed by atoms with Gasteiger partial charge in [-0.15, -0.1) is 0 Å². The number of fused-ring (bicyclic) bond motifs is 1. The van der Waals surface area contributed by atoms with Crippen LogP contribution in [0.3, 0.4) is 0 Å². The number of hydrogen-bond acceptors (Lipinski definition) is 5. The van der Waals surface area contributed by atoms with Crippen LogP contribution in [-0.2, 0) is 0 Å². The Hall–Kier alpha value is -2.21. The van der Waals surface area contributed by atoms with Gasteiger partial charge in [0.15, 0.2) is 11.5 Å². The average Bonchev–Trinajstić information content (AvgIpc) is 2.96. The molecule has 0 atom stereocenters. The molecule has 82 valence electrons. The van der Waals surface area contributed by atoms with Crippen molar-refractivity contribution in [2.45, 2.75) is 0 Å². The normalized spacial score (nSPS) is 12.8. The number of hydrogen-bond donors (Lipinski definition) is 3. The van der Waals surface area contributed by atoms with Gasteiger partial charge in [-0.25, -0.2) is 10.8 Å². The molecule has 0 amide bonds. The van der Waals surface area contributed by atoms with Crippen LogP contribution in [-0.4, -0.2) is 16.8 Å². The van der Waals surface area contributed by atoms with Gasteiger partial charge in [-0.3, -0.25) is 5.43 Å². The summed E-state index contributed by atoms with van der Waals surface area (Å²) in [4.78, 5) is 7.07. The van der Waals surface area contributed by atoms with Crippen molar-refractivity contribution in [3.63, 3.8) is 0 Å².